The number of nitrogens with one attached hydrogen (secondary N) is 1. The van der Waals surface area contributed by atoms with Gasteiger partial charge in [-0.05, 0) is 44.6 Å². The number of carbonyl (C=O) groups is 1. The third-order valence-electron chi connectivity index (χ3n) is 4.41. The number of amides is 1. The maximum atomic E-state index is 12.0. The second kappa shape index (κ2) is 6.39. The van der Waals surface area contributed by atoms with E-state index in [4.69, 9.17) is 0 Å². The van der Waals surface area contributed by atoms with Crippen molar-refractivity contribution >= 4 is 5.91 Å². The van der Waals surface area contributed by atoms with Crippen LogP contribution in [0.5, 0.6) is 0 Å². The molecule has 2 aliphatic rings. The van der Waals surface area contributed by atoms with E-state index in [-0.39, 0.29) is 0 Å². The summed E-state index contributed by atoms with van der Waals surface area (Å²) in [5.74, 6) is 1.24. The maximum Gasteiger partial charge on any atom is 0.222 e. The lowest BCUT2D eigenvalue weighted by molar-refractivity contribution is -0.132. The highest BCUT2D eigenvalue weighted by Crippen LogP contribution is 2.21. The molecule has 1 N–H and O–H groups in total. The van der Waals surface area contributed by atoms with E-state index in [0.29, 0.717) is 11.9 Å². The first kappa shape index (κ1) is 12.9. The Kier molecular flexibility index (Phi) is 4.84. The van der Waals surface area contributed by atoms with Gasteiger partial charge < -0.3 is 10.2 Å². The molecule has 1 unspecified atom stereocenters. The van der Waals surface area contributed by atoms with Crippen LogP contribution in [-0.4, -0.2) is 36.5 Å². The summed E-state index contributed by atoms with van der Waals surface area (Å²) in [7, 11) is 0. The molecule has 0 aromatic rings. The molecule has 0 aromatic carbocycles. The first-order valence-electron chi connectivity index (χ1n) is 7.30. The molecule has 1 amide bonds. The Labute approximate surface area is 105 Å². The van der Waals surface area contributed by atoms with Gasteiger partial charge in [-0.3, -0.25) is 4.79 Å². The van der Waals surface area contributed by atoms with Crippen molar-refractivity contribution in [2.75, 3.05) is 19.6 Å². The van der Waals surface area contributed by atoms with Crippen LogP contribution in [-0.2, 0) is 4.79 Å². The van der Waals surface area contributed by atoms with Crippen molar-refractivity contribution in [3.05, 3.63) is 0 Å². The van der Waals surface area contributed by atoms with Gasteiger partial charge in [-0.2, -0.15) is 0 Å². The first-order valence-corrected chi connectivity index (χ1v) is 7.30. The molecule has 2 heterocycles. The Hall–Kier alpha value is -0.570. The Morgan fingerprint density at radius 2 is 2.06 bits per heavy atom. The Morgan fingerprint density at radius 1 is 1.29 bits per heavy atom. The summed E-state index contributed by atoms with van der Waals surface area (Å²) in [6.45, 7) is 5.39. The van der Waals surface area contributed by atoms with Crippen LogP contribution in [0.15, 0.2) is 0 Å². The lowest BCUT2D eigenvalue weighted by atomic mass is 9.94. The highest BCUT2D eigenvalue weighted by atomic mass is 16.2. The fourth-order valence-electron chi connectivity index (χ4n) is 3.05. The van der Waals surface area contributed by atoms with Gasteiger partial charge in [0.15, 0.2) is 0 Å². The van der Waals surface area contributed by atoms with Crippen molar-refractivity contribution in [1.82, 2.24) is 10.2 Å². The molecule has 2 saturated heterocycles. The lowest BCUT2D eigenvalue weighted by Gasteiger charge is -2.31. The molecule has 0 bridgehead atoms. The molecule has 1 atom stereocenters. The summed E-state index contributed by atoms with van der Waals surface area (Å²) in [6, 6.07) is 0.604. The van der Waals surface area contributed by atoms with E-state index in [1.54, 1.807) is 0 Å². The number of hydrogen-bond acceptors (Lipinski definition) is 2. The monoisotopic (exact) mass is 238 g/mol. The average molecular weight is 238 g/mol. The summed E-state index contributed by atoms with van der Waals surface area (Å²) in [6.07, 6.45) is 8.01. The topological polar surface area (TPSA) is 32.3 Å². The molecule has 17 heavy (non-hydrogen) atoms. The second-order valence-corrected chi connectivity index (χ2v) is 5.56. The normalized spacial score (nSPS) is 26.4. The smallest absolute Gasteiger partial charge is 0.222 e. The summed E-state index contributed by atoms with van der Waals surface area (Å²) in [4.78, 5) is 14.1. The standard InChI is InChI=1S/C14H26N2O/c1-2-12-7-10-16(11-8-12)14(17)6-5-13-4-3-9-15-13/h12-13,15H,2-11H2,1H3. The van der Waals surface area contributed by atoms with Crippen molar-refractivity contribution in [2.24, 2.45) is 5.92 Å². The van der Waals surface area contributed by atoms with Crippen LogP contribution >= 0.6 is 0 Å². The largest absolute Gasteiger partial charge is 0.343 e. The second-order valence-electron chi connectivity index (χ2n) is 5.56. The molecule has 0 aliphatic carbocycles. The van der Waals surface area contributed by atoms with Crippen molar-refractivity contribution < 1.29 is 4.79 Å². The van der Waals surface area contributed by atoms with Crippen molar-refractivity contribution in [3.8, 4) is 0 Å². The van der Waals surface area contributed by atoms with Gasteiger partial charge >= 0.3 is 0 Å². The highest BCUT2D eigenvalue weighted by Gasteiger charge is 2.22. The van der Waals surface area contributed by atoms with E-state index in [1.165, 1.54) is 32.1 Å². The molecule has 3 heteroatoms. The molecule has 2 rings (SSSR count). The molecule has 0 aromatic heterocycles. The predicted molar refractivity (Wildman–Crippen MR) is 69.9 cm³/mol. The van der Waals surface area contributed by atoms with E-state index in [2.05, 4.69) is 17.1 Å². The summed E-state index contributed by atoms with van der Waals surface area (Å²) < 4.78 is 0. The van der Waals surface area contributed by atoms with Gasteiger partial charge in [0.25, 0.3) is 0 Å². The average Bonchev–Trinajstić information content (AvgIpc) is 2.89. The Bertz CT molecular complexity index is 241. The fraction of sp³-hybridized carbons (Fsp3) is 0.929. The number of rotatable bonds is 4. The molecule has 2 aliphatic heterocycles. The van der Waals surface area contributed by atoms with Gasteiger partial charge in [-0.25, -0.2) is 0 Å². The minimum absolute atomic E-state index is 0.383. The quantitative estimate of drug-likeness (QED) is 0.814. The fourth-order valence-corrected chi connectivity index (χ4v) is 3.05. The van der Waals surface area contributed by atoms with Gasteiger partial charge in [0.2, 0.25) is 5.91 Å². The van der Waals surface area contributed by atoms with Crippen LogP contribution in [0.4, 0.5) is 0 Å². The summed E-state index contributed by atoms with van der Waals surface area (Å²) in [5, 5.41) is 3.46. The Morgan fingerprint density at radius 3 is 2.65 bits per heavy atom. The van der Waals surface area contributed by atoms with Gasteiger partial charge in [0.1, 0.15) is 0 Å². The molecule has 0 spiro atoms. The maximum absolute atomic E-state index is 12.0. The van der Waals surface area contributed by atoms with Crippen LogP contribution < -0.4 is 5.32 Å². The van der Waals surface area contributed by atoms with Crippen LogP contribution in [0.3, 0.4) is 0 Å². The van der Waals surface area contributed by atoms with Crippen LogP contribution in [0.25, 0.3) is 0 Å². The van der Waals surface area contributed by atoms with Crippen LogP contribution in [0, 0.1) is 5.92 Å². The molecule has 3 nitrogen and oxygen atoms in total. The van der Waals surface area contributed by atoms with E-state index < -0.39 is 0 Å². The third kappa shape index (κ3) is 3.70. The van der Waals surface area contributed by atoms with Crippen LogP contribution in [0.2, 0.25) is 0 Å². The van der Waals surface area contributed by atoms with Gasteiger partial charge in [-0.15, -0.1) is 0 Å². The molecule has 98 valence electrons. The zero-order valence-corrected chi connectivity index (χ0v) is 11.1. The molecular weight excluding hydrogens is 212 g/mol. The third-order valence-corrected chi connectivity index (χ3v) is 4.41. The minimum atomic E-state index is 0.383. The predicted octanol–water partition coefficient (Wildman–Crippen LogP) is 2.17. The van der Waals surface area contributed by atoms with E-state index in [9.17, 15) is 4.79 Å². The zero-order chi connectivity index (χ0) is 12.1. The van der Waals surface area contributed by atoms with Crippen molar-refractivity contribution in [1.29, 1.82) is 0 Å². The number of likely N-dealkylation sites (tertiary alicyclic amines) is 1. The zero-order valence-electron chi connectivity index (χ0n) is 11.1. The molecule has 0 radical (unpaired) electrons. The van der Waals surface area contributed by atoms with E-state index >= 15 is 0 Å². The van der Waals surface area contributed by atoms with E-state index in [0.717, 1.165) is 38.4 Å². The highest BCUT2D eigenvalue weighted by molar-refractivity contribution is 5.76. The lowest BCUT2D eigenvalue weighted by Crippen LogP contribution is -2.38. The van der Waals surface area contributed by atoms with Crippen molar-refractivity contribution in [2.45, 2.75) is 57.9 Å². The number of hydrogen-bond donors (Lipinski definition) is 1. The number of nitrogens with zero attached hydrogens (tertiary/aromatic N) is 1. The number of piperidine rings is 1. The van der Waals surface area contributed by atoms with Crippen LogP contribution in [0.1, 0.15) is 51.9 Å². The molecule has 0 saturated carbocycles. The molecule has 2 fully saturated rings. The van der Waals surface area contributed by atoms with Gasteiger partial charge in [0.05, 0.1) is 0 Å². The minimum Gasteiger partial charge on any atom is -0.343 e. The number of carbonyl (C=O) groups excluding carboxylic acids is 1. The first-order chi connectivity index (χ1) is 8.29. The van der Waals surface area contributed by atoms with Gasteiger partial charge in [-0.1, -0.05) is 13.3 Å². The summed E-state index contributed by atoms with van der Waals surface area (Å²) in [5.41, 5.74) is 0. The Balaban J connectivity index is 1.66. The van der Waals surface area contributed by atoms with E-state index in [1.807, 2.05) is 0 Å². The molecular formula is C14H26N2O. The van der Waals surface area contributed by atoms with Gasteiger partial charge in [0, 0.05) is 25.6 Å². The summed E-state index contributed by atoms with van der Waals surface area (Å²) >= 11 is 0. The van der Waals surface area contributed by atoms with Crippen molar-refractivity contribution in [3.63, 3.8) is 0 Å². The SMILES string of the molecule is CCC1CCN(C(=O)CCC2CCCN2)CC1.